The van der Waals surface area contributed by atoms with Crippen molar-refractivity contribution in [2.75, 3.05) is 0 Å². The van der Waals surface area contributed by atoms with Gasteiger partial charge in [0.1, 0.15) is 12.1 Å². The average Bonchev–Trinajstić information content (AvgIpc) is 2.63. The molecule has 0 unspecified atom stereocenters. The number of hydrogen-bond acceptors (Lipinski definition) is 3. The fourth-order valence-electron chi connectivity index (χ4n) is 2.71. The van der Waals surface area contributed by atoms with E-state index in [0.29, 0.717) is 15.6 Å². The fourth-order valence-corrected chi connectivity index (χ4v) is 3.19. The van der Waals surface area contributed by atoms with Gasteiger partial charge in [0.15, 0.2) is 0 Å². The van der Waals surface area contributed by atoms with E-state index in [-0.39, 0.29) is 18.7 Å². The summed E-state index contributed by atoms with van der Waals surface area (Å²) in [5.41, 5.74) is 6.94. The molecule has 0 aliphatic rings. The van der Waals surface area contributed by atoms with E-state index in [1.807, 2.05) is 30.3 Å². The Hall–Kier alpha value is -2.57. The van der Waals surface area contributed by atoms with Crippen LogP contribution in [0.1, 0.15) is 18.1 Å². The molecule has 0 radical (unpaired) electrons. The fraction of sp³-hybridized carbons (Fsp3) is 0.250. The number of amides is 3. The van der Waals surface area contributed by atoms with E-state index in [1.165, 1.54) is 6.92 Å². The molecule has 0 heterocycles. The van der Waals surface area contributed by atoms with Gasteiger partial charge in [-0.1, -0.05) is 59.6 Å². The number of carbonyl (C=O) groups is 3. The molecule has 2 aromatic carbocycles. The Balaban J connectivity index is 2.14. The van der Waals surface area contributed by atoms with Crippen molar-refractivity contribution in [1.82, 2.24) is 10.6 Å². The Bertz CT molecular complexity index is 859. The summed E-state index contributed by atoms with van der Waals surface area (Å²) in [6.07, 6.45) is 0.384. The summed E-state index contributed by atoms with van der Waals surface area (Å²) >= 11 is 12.0. The zero-order chi connectivity index (χ0) is 20.7. The topological polar surface area (TPSA) is 101 Å². The van der Waals surface area contributed by atoms with Crippen LogP contribution in [0.15, 0.2) is 48.5 Å². The van der Waals surface area contributed by atoms with Crippen LogP contribution < -0.4 is 16.4 Å². The molecule has 0 saturated carbocycles. The van der Waals surface area contributed by atoms with Gasteiger partial charge in [-0.05, 0) is 23.3 Å². The first kappa shape index (κ1) is 21.7. The van der Waals surface area contributed by atoms with Gasteiger partial charge >= 0.3 is 0 Å². The van der Waals surface area contributed by atoms with Gasteiger partial charge in [-0.25, -0.2) is 0 Å². The van der Waals surface area contributed by atoms with E-state index < -0.39 is 23.9 Å². The van der Waals surface area contributed by atoms with E-state index in [2.05, 4.69) is 10.6 Å². The van der Waals surface area contributed by atoms with Crippen molar-refractivity contribution in [2.24, 2.45) is 5.73 Å². The Labute approximate surface area is 173 Å². The van der Waals surface area contributed by atoms with Crippen LogP contribution in [0, 0.1) is 0 Å². The second-order valence-electron chi connectivity index (χ2n) is 6.35. The predicted molar refractivity (Wildman–Crippen MR) is 109 cm³/mol. The lowest BCUT2D eigenvalue weighted by atomic mass is 10.0. The summed E-state index contributed by atoms with van der Waals surface area (Å²) in [5.74, 6) is -1.57. The van der Waals surface area contributed by atoms with Crippen molar-refractivity contribution < 1.29 is 14.4 Å². The quantitative estimate of drug-likeness (QED) is 0.608. The van der Waals surface area contributed by atoms with Gasteiger partial charge in [0, 0.05) is 29.8 Å². The third-order valence-electron chi connectivity index (χ3n) is 4.08. The molecule has 2 atom stereocenters. The number of benzene rings is 2. The molecule has 0 fully saturated rings. The van der Waals surface area contributed by atoms with Gasteiger partial charge in [0.25, 0.3) is 0 Å². The maximum atomic E-state index is 12.7. The molecular formula is C20H21Cl2N3O3. The van der Waals surface area contributed by atoms with Crippen molar-refractivity contribution in [2.45, 2.75) is 31.8 Å². The first-order valence-corrected chi connectivity index (χ1v) is 9.36. The lowest BCUT2D eigenvalue weighted by molar-refractivity contribution is -0.130. The lowest BCUT2D eigenvalue weighted by Crippen LogP contribution is -2.54. The van der Waals surface area contributed by atoms with E-state index in [1.54, 1.807) is 18.2 Å². The molecule has 0 aromatic heterocycles. The number of primary amides is 1. The highest BCUT2D eigenvalue weighted by Gasteiger charge is 2.26. The summed E-state index contributed by atoms with van der Waals surface area (Å²) in [4.78, 5) is 36.1. The molecule has 2 rings (SSSR count). The highest BCUT2D eigenvalue weighted by molar-refractivity contribution is 6.35. The highest BCUT2D eigenvalue weighted by atomic mass is 35.5. The number of carbonyl (C=O) groups excluding carboxylic acids is 3. The van der Waals surface area contributed by atoms with Gasteiger partial charge in [0.05, 0.1) is 0 Å². The van der Waals surface area contributed by atoms with Crippen LogP contribution in [0.25, 0.3) is 0 Å². The lowest BCUT2D eigenvalue weighted by Gasteiger charge is -2.22. The van der Waals surface area contributed by atoms with Crippen LogP contribution in [-0.2, 0) is 27.2 Å². The normalized spacial score (nSPS) is 12.7. The minimum absolute atomic E-state index is 0.106. The van der Waals surface area contributed by atoms with E-state index in [0.717, 1.165) is 5.56 Å². The first-order chi connectivity index (χ1) is 13.3. The number of nitrogens with one attached hydrogen (secondary N) is 2. The average molecular weight is 422 g/mol. The Morgan fingerprint density at radius 2 is 1.64 bits per heavy atom. The van der Waals surface area contributed by atoms with Crippen molar-refractivity contribution in [3.63, 3.8) is 0 Å². The number of nitrogens with two attached hydrogens (primary N) is 1. The minimum atomic E-state index is -0.988. The third kappa shape index (κ3) is 6.55. The van der Waals surface area contributed by atoms with Crippen molar-refractivity contribution >= 4 is 40.9 Å². The molecule has 0 aliphatic carbocycles. The first-order valence-electron chi connectivity index (χ1n) is 8.61. The summed E-state index contributed by atoms with van der Waals surface area (Å²) in [5, 5.41) is 6.05. The summed E-state index contributed by atoms with van der Waals surface area (Å²) in [6, 6.07) is 12.3. The monoisotopic (exact) mass is 421 g/mol. The summed E-state index contributed by atoms with van der Waals surface area (Å²) in [6.45, 7) is 1.32. The van der Waals surface area contributed by atoms with Gasteiger partial charge in [-0.15, -0.1) is 0 Å². The maximum absolute atomic E-state index is 12.7. The molecule has 8 heteroatoms. The molecule has 6 nitrogen and oxygen atoms in total. The maximum Gasteiger partial charge on any atom is 0.243 e. The number of halogens is 2. The molecule has 0 aliphatic heterocycles. The summed E-state index contributed by atoms with van der Waals surface area (Å²) in [7, 11) is 0. The zero-order valence-corrected chi connectivity index (χ0v) is 16.8. The molecule has 3 amide bonds. The van der Waals surface area contributed by atoms with Crippen molar-refractivity contribution in [3.8, 4) is 0 Å². The van der Waals surface area contributed by atoms with Gasteiger partial charge < -0.3 is 16.4 Å². The van der Waals surface area contributed by atoms with Crippen LogP contribution >= 0.6 is 23.2 Å². The second kappa shape index (κ2) is 10.1. The standard InChI is InChI=1S/C20H21Cl2N3O3/c1-12(26)24-18(9-13-5-3-2-4-6-13)20(28)25-17(19(23)27)10-14-7-8-15(21)11-16(14)22/h2-8,11,17-18H,9-10H2,1H3,(H2,23,27)(H,24,26)(H,25,28)/t17-,18-/m1/s1. The van der Waals surface area contributed by atoms with E-state index in [9.17, 15) is 14.4 Å². The molecule has 28 heavy (non-hydrogen) atoms. The minimum Gasteiger partial charge on any atom is -0.368 e. The number of rotatable bonds is 8. The molecular weight excluding hydrogens is 401 g/mol. The van der Waals surface area contributed by atoms with Gasteiger partial charge in [-0.3, -0.25) is 14.4 Å². The Morgan fingerprint density at radius 1 is 0.964 bits per heavy atom. The molecule has 0 bridgehead atoms. The van der Waals surface area contributed by atoms with E-state index in [4.69, 9.17) is 28.9 Å². The molecule has 148 valence electrons. The largest absolute Gasteiger partial charge is 0.368 e. The van der Waals surface area contributed by atoms with Gasteiger partial charge in [-0.2, -0.15) is 0 Å². The van der Waals surface area contributed by atoms with Crippen molar-refractivity contribution in [1.29, 1.82) is 0 Å². The highest BCUT2D eigenvalue weighted by Crippen LogP contribution is 2.22. The molecule has 0 spiro atoms. The van der Waals surface area contributed by atoms with Crippen LogP contribution in [0.4, 0.5) is 0 Å². The zero-order valence-electron chi connectivity index (χ0n) is 15.2. The van der Waals surface area contributed by atoms with Crippen LogP contribution in [0.3, 0.4) is 0 Å². The van der Waals surface area contributed by atoms with Crippen molar-refractivity contribution in [3.05, 3.63) is 69.7 Å². The molecule has 0 saturated heterocycles. The second-order valence-corrected chi connectivity index (χ2v) is 7.19. The third-order valence-corrected chi connectivity index (χ3v) is 4.66. The summed E-state index contributed by atoms with van der Waals surface area (Å²) < 4.78 is 0. The number of hydrogen-bond donors (Lipinski definition) is 3. The predicted octanol–water partition coefficient (Wildman–Crippen LogP) is 2.25. The van der Waals surface area contributed by atoms with Crippen LogP contribution in [0.2, 0.25) is 10.0 Å². The SMILES string of the molecule is CC(=O)N[C@H](Cc1ccccc1)C(=O)N[C@H](Cc1ccc(Cl)cc1Cl)C(N)=O. The van der Waals surface area contributed by atoms with Crippen LogP contribution in [-0.4, -0.2) is 29.8 Å². The smallest absolute Gasteiger partial charge is 0.243 e. The van der Waals surface area contributed by atoms with Crippen LogP contribution in [0.5, 0.6) is 0 Å². The van der Waals surface area contributed by atoms with Gasteiger partial charge in [0.2, 0.25) is 17.7 Å². The Morgan fingerprint density at radius 3 is 2.21 bits per heavy atom. The molecule has 2 aromatic rings. The van der Waals surface area contributed by atoms with E-state index >= 15 is 0 Å². The Kier molecular flexibility index (Phi) is 7.84. The molecule has 4 N–H and O–H groups in total.